The Hall–Kier alpha value is -1.63. The fourth-order valence-corrected chi connectivity index (χ4v) is 1.62. The van der Waals surface area contributed by atoms with Crippen LogP contribution in [0, 0.1) is 0 Å². The van der Waals surface area contributed by atoms with Crippen LogP contribution in [0.5, 0.6) is 0 Å². The number of hydrogen-bond donors (Lipinski definition) is 2. The summed E-state index contributed by atoms with van der Waals surface area (Å²) >= 11 is 0. The molecule has 108 valence electrons. The van der Waals surface area contributed by atoms with Crippen molar-refractivity contribution in [1.82, 2.24) is 25.4 Å². The molecule has 0 aromatic carbocycles. The summed E-state index contributed by atoms with van der Waals surface area (Å²) in [5.41, 5.74) is 0. The van der Waals surface area contributed by atoms with Crippen LogP contribution < -0.4 is 10.6 Å². The molecule has 1 aromatic heterocycles. The van der Waals surface area contributed by atoms with Crippen LogP contribution in [0.15, 0.2) is 11.3 Å². The molecule has 0 saturated heterocycles. The maximum atomic E-state index is 4.98. The molecule has 0 unspecified atom stereocenters. The van der Waals surface area contributed by atoms with E-state index in [1.54, 1.807) is 13.4 Å². The zero-order valence-electron chi connectivity index (χ0n) is 12.0. The van der Waals surface area contributed by atoms with E-state index >= 15 is 0 Å². The summed E-state index contributed by atoms with van der Waals surface area (Å²) in [6.45, 7) is 7.84. The Morgan fingerprint density at radius 2 is 2.26 bits per heavy atom. The minimum Gasteiger partial charge on any atom is -0.383 e. The van der Waals surface area contributed by atoms with Gasteiger partial charge in [-0.25, -0.2) is 0 Å². The normalized spacial score (nSPS) is 11.6. The van der Waals surface area contributed by atoms with Crippen molar-refractivity contribution in [3.05, 3.63) is 12.2 Å². The predicted molar refractivity (Wildman–Crippen MR) is 75.3 cm³/mol. The second-order valence-electron chi connectivity index (χ2n) is 3.97. The quantitative estimate of drug-likeness (QED) is 0.395. The predicted octanol–water partition coefficient (Wildman–Crippen LogP) is 0.0420. The van der Waals surface area contributed by atoms with E-state index in [0.29, 0.717) is 13.2 Å². The smallest absolute Gasteiger partial charge is 0.191 e. The van der Waals surface area contributed by atoms with Gasteiger partial charge in [-0.05, 0) is 6.92 Å². The third kappa shape index (κ3) is 5.69. The number of nitrogens with one attached hydrogen (secondary N) is 2. The number of ether oxygens (including phenoxy) is 1. The molecule has 19 heavy (non-hydrogen) atoms. The molecule has 0 aliphatic carbocycles. The van der Waals surface area contributed by atoms with Crippen molar-refractivity contribution < 1.29 is 4.74 Å². The van der Waals surface area contributed by atoms with Gasteiger partial charge in [0, 0.05) is 33.2 Å². The Morgan fingerprint density at radius 3 is 2.95 bits per heavy atom. The highest BCUT2D eigenvalue weighted by Crippen LogP contribution is 1.94. The first kappa shape index (κ1) is 15.4. The highest BCUT2D eigenvalue weighted by atomic mass is 16.5. The maximum Gasteiger partial charge on any atom is 0.191 e. The highest BCUT2D eigenvalue weighted by Gasteiger charge is 2.01. The molecule has 1 rings (SSSR count). The van der Waals surface area contributed by atoms with Gasteiger partial charge in [-0.2, -0.15) is 0 Å². The SMILES string of the molecule is CCNC(=NCCOC)NCCn1cnnc1CC. The van der Waals surface area contributed by atoms with E-state index in [-0.39, 0.29) is 0 Å². The average molecular weight is 268 g/mol. The van der Waals surface area contributed by atoms with Crippen LogP contribution in [0.25, 0.3) is 0 Å². The number of methoxy groups -OCH3 is 1. The van der Waals surface area contributed by atoms with E-state index in [9.17, 15) is 0 Å². The van der Waals surface area contributed by atoms with E-state index in [1.807, 2.05) is 11.5 Å². The van der Waals surface area contributed by atoms with Crippen molar-refractivity contribution in [2.75, 3.05) is 33.4 Å². The van der Waals surface area contributed by atoms with Gasteiger partial charge in [-0.1, -0.05) is 6.92 Å². The van der Waals surface area contributed by atoms with E-state index in [4.69, 9.17) is 4.74 Å². The summed E-state index contributed by atoms with van der Waals surface area (Å²) < 4.78 is 7.03. The Labute approximate surface area is 114 Å². The van der Waals surface area contributed by atoms with Crippen LogP contribution in [-0.4, -0.2) is 54.1 Å². The lowest BCUT2D eigenvalue weighted by Crippen LogP contribution is -2.39. The molecule has 0 spiro atoms. The molecule has 7 nitrogen and oxygen atoms in total. The van der Waals surface area contributed by atoms with Crippen LogP contribution in [0.4, 0.5) is 0 Å². The zero-order valence-corrected chi connectivity index (χ0v) is 12.0. The van der Waals surface area contributed by atoms with Gasteiger partial charge in [0.05, 0.1) is 13.2 Å². The van der Waals surface area contributed by atoms with Gasteiger partial charge in [0.15, 0.2) is 5.96 Å². The Morgan fingerprint density at radius 1 is 1.42 bits per heavy atom. The summed E-state index contributed by atoms with van der Waals surface area (Å²) in [7, 11) is 1.67. The topological polar surface area (TPSA) is 76.4 Å². The number of nitrogens with zero attached hydrogens (tertiary/aromatic N) is 4. The summed E-state index contributed by atoms with van der Waals surface area (Å²) in [5, 5.41) is 14.4. The number of guanidine groups is 1. The molecule has 0 atom stereocenters. The van der Waals surface area contributed by atoms with Crippen molar-refractivity contribution in [2.45, 2.75) is 26.8 Å². The van der Waals surface area contributed by atoms with Gasteiger partial charge in [-0.15, -0.1) is 10.2 Å². The van der Waals surface area contributed by atoms with E-state index in [2.05, 4.69) is 32.7 Å². The van der Waals surface area contributed by atoms with Gasteiger partial charge in [-0.3, -0.25) is 4.99 Å². The molecule has 0 radical (unpaired) electrons. The standard InChI is InChI=1S/C12H24N6O/c1-4-11-17-16-10-18(11)8-6-14-12(13-5-2)15-7-9-19-3/h10H,4-9H2,1-3H3,(H2,13,14,15). The lowest BCUT2D eigenvalue weighted by molar-refractivity contribution is 0.208. The molecule has 1 heterocycles. The highest BCUT2D eigenvalue weighted by molar-refractivity contribution is 5.79. The van der Waals surface area contributed by atoms with Crippen LogP contribution >= 0.6 is 0 Å². The van der Waals surface area contributed by atoms with E-state index < -0.39 is 0 Å². The molecular formula is C12H24N6O. The fraction of sp³-hybridized carbons (Fsp3) is 0.750. The molecule has 0 aliphatic heterocycles. The van der Waals surface area contributed by atoms with Crippen molar-refractivity contribution in [3.8, 4) is 0 Å². The minimum absolute atomic E-state index is 0.627. The molecule has 0 bridgehead atoms. The third-order valence-electron chi connectivity index (χ3n) is 2.57. The molecule has 0 fully saturated rings. The molecule has 7 heteroatoms. The lowest BCUT2D eigenvalue weighted by Gasteiger charge is -2.12. The molecule has 1 aromatic rings. The number of rotatable bonds is 8. The van der Waals surface area contributed by atoms with Gasteiger partial charge >= 0.3 is 0 Å². The Balaban J connectivity index is 2.37. The van der Waals surface area contributed by atoms with Crippen LogP contribution in [0.1, 0.15) is 19.7 Å². The van der Waals surface area contributed by atoms with Gasteiger partial charge in [0.2, 0.25) is 0 Å². The average Bonchev–Trinajstić information content (AvgIpc) is 2.86. The minimum atomic E-state index is 0.627. The Kier molecular flexibility index (Phi) is 7.57. The van der Waals surface area contributed by atoms with Crippen LogP contribution in [0.3, 0.4) is 0 Å². The van der Waals surface area contributed by atoms with Gasteiger partial charge in [0.25, 0.3) is 0 Å². The van der Waals surface area contributed by atoms with Crippen LogP contribution in [-0.2, 0) is 17.7 Å². The largest absolute Gasteiger partial charge is 0.383 e. The van der Waals surface area contributed by atoms with Crippen molar-refractivity contribution in [2.24, 2.45) is 4.99 Å². The molecule has 2 N–H and O–H groups in total. The molecule has 0 aliphatic rings. The zero-order chi connectivity index (χ0) is 13.9. The summed E-state index contributed by atoms with van der Waals surface area (Å²) in [4.78, 5) is 4.39. The van der Waals surface area contributed by atoms with Crippen LogP contribution in [0.2, 0.25) is 0 Å². The molecular weight excluding hydrogens is 244 g/mol. The van der Waals surface area contributed by atoms with Gasteiger partial charge < -0.3 is 19.9 Å². The molecule has 0 amide bonds. The van der Waals surface area contributed by atoms with Crippen molar-refractivity contribution >= 4 is 5.96 Å². The summed E-state index contributed by atoms with van der Waals surface area (Å²) in [5.74, 6) is 1.81. The maximum absolute atomic E-state index is 4.98. The van der Waals surface area contributed by atoms with Crippen molar-refractivity contribution in [1.29, 1.82) is 0 Å². The van der Waals surface area contributed by atoms with E-state index in [0.717, 1.165) is 37.8 Å². The Bertz CT molecular complexity index is 376. The molecule has 0 saturated carbocycles. The number of aryl methyl sites for hydroxylation is 1. The van der Waals surface area contributed by atoms with Gasteiger partial charge in [0.1, 0.15) is 12.2 Å². The third-order valence-corrected chi connectivity index (χ3v) is 2.57. The first-order valence-electron chi connectivity index (χ1n) is 6.69. The lowest BCUT2D eigenvalue weighted by atomic mass is 10.4. The first-order valence-corrected chi connectivity index (χ1v) is 6.69. The van der Waals surface area contributed by atoms with E-state index in [1.165, 1.54) is 0 Å². The monoisotopic (exact) mass is 268 g/mol. The number of aromatic nitrogens is 3. The number of hydrogen-bond acceptors (Lipinski definition) is 4. The number of aliphatic imine (C=N–C) groups is 1. The first-order chi connectivity index (χ1) is 9.31. The summed E-state index contributed by atoms with van der Waals surface area (Å²) in [6, 6.07) is 0. The van der Waals surface area contributed by atoms with Crippen molar-refractivity contribution in [3.63, 3.8) is 0 Å². The fourth-order valence-electron chi connectivity index (χ4n) is 1.62. The second-order valence-corrected chi connectivity index (χ2v) is 3.97. The summed E-state index contributed by atoms with van der Waals surface area (Å²) in [6.07, 6.45) is 2.65. The second kappa shape index (κ2) is 9.32.